The summed E-state index contributed by atoms with van der Waals surface area (Å²) in [6, 6.07) is 14.1. The van der Waals surface area contributed by atoms with E-state index in [1.54, 1.807) is 24.5 Å². The summed E-state index contributed by atoms with van der Waals surface area (Å²) in [5, 5.41) is 11.2. The Kier molecular flexibility index (Phi) is 5.62. The number of carbonyl (C=O) groups is 1. The summed E-state index contributed by atoms with van der Waals surface area (Å²) in [7, 11) is 0. The second-order valence-corrected chi connectivity index (χ2v) is 8.78. The highest BCUT2D eigenvalue weighted by molar-refractivity contribution is 5.94. The van der Waals surface area contributed by atoms with Crippen LogP contribution in [0.25, 0.3) is 11.1 Å². The van der Waals surface area contributed by atoms with Gasteiger partial charge in [0.05, 0.1) is 35.9 Å². The average Bonchev–Trinajstić information content (AvgIpc) is 3.43. The van der Waals surface area contributed by atoms with Crippen LogP contribution in [0, 0.1) is 5.92 Å². The molecule has 2 unspecified atom stereocenters. The first-order valence-corrected chi connectivity index (χ1v) is 11.3. The molecule has 0 aliphatic carbocycles. The van der Waals surface area contributed by atoms with Crippen LogP contribution < -0.4 is 0 Å². The van der Waals surface area contributed by atoms with E-state index >= 15 is 0 Å². The molecule has 1 fully saturated rings. The second-order valence-electron chi connectivity index (χ2n) is 8.78. The van der Waals surface area contributed by atoms with Gasteiger partial charge >= 0.3 is 0 Å². The fourth-order valence-corrected chi connectivity index (χ4v) is 5.21. The molecule has 2 aliphatic heterocycles. The molecule has 164 valence electrons. The van der Waals surface area contributed by atoms with E-state index < -0.39 is 6.10 Å². The number of amides is 1. The van der Waals surface area contributed by atoms with E-state index in [2.05, 4.69) is 45.7 Å². The first-order chi connectivity index (χ1) is 15.6. The summed E-state index contributed by atoms with van der Waals surface area (Å²) in [6.07, 6.45) is 8.90. The van der Waals surface area contributed by atoms with Crippen LogP contribution in [0.15, 0.2) is 67.4 Å². The zero-order chi connectivity index (χ0) is 22.1. The van der Waals surface area contributed by atoms with Gasteiger partial charge in [0, 0.05) is 25.5 Å². The van der Waals surface area contributed by atoms with Crippen molar-refractivity contribution in [3.8, 4) is 0 Å². The summed E-state index contributed by atoms with van der Waals surface area (Å²) < 4.78 is 2.20. The Bertz CT molecular complexity index is 1110. The number of hydrogen-bond donors (Lipinski definition) is 1. The van der Waals surface area contributed by atoms with E-state index in [0.29, 0.717) is 25.1 Å². The summed E-state index contributed by atoms with van der Waals surface area (Å²) in [5.41, 5.74) is 5.44. The van der Waals surface area contributed by atoms with Crippen molar-refractivity contribution < 1.29 is 9.90 Å². The van der Waals surface area contributed by atoms with Crippen molar-refractivity contribution in [2.75, 3.05) is 13.1 Å². The first kappa shape index (κ1) is 20.6. The number of rotatable bonds is 5. The Hall–Kier alpha value is -3.25. The maximum Gasteiger partial charge on any atom is 0.255 e. The molecule has 6 heteroatoms. The fraction of sp³-hybridized carbons (Fsp3) is 0.346. The molecule has 6 nitrogen and oxygen atoms in total. The SMILES string of the molecule is CC1=C(c2ccccc2)C(CC(O)C2CCN(C(=O)c3cccnc3)CC2)n2cncc21. The van der Waals surface area contributed by atoms with Crippen LogP contribution in [0.4, 0.5) is 0 Å². The Morgan fingerprint density at radius 3 is 2.59 bits per heavy atom. The fourth-order valence-electron chi connectivity index (χ4n) is 5.21. The van der Waals surface area contributed by atoms with Gasteiger partial charge in [-0.3, -0.25) is 9.78 Å². The second kappa shape index (κ2) is 8.71. The number of aliphatic hydroxyl groups is 1. The van der Waals surface area contributed by atoms with Crippen molar-refractivity contribution >= 4 is 17.1 Å². The molecule has 2 aromatic heterocycles. The molecule has 0 bridgehead atoms. The van der Waals surface area contributed by atoms with Crippen molar-refractivity contribution in [3.05, 3.63) is 84.2 Å². The molecule has 1 aromatic carbocycles. The lowest BCUT2D eigenvalue weighted by Gasteiger charge is -2.35. The lowest BCUT2D eigenvalue weighted by Crippen LogP contribution is -2.41. The number of carbonyl (C=O) groups excluding carboxylic acids is 1. The molecule has 0 radical (unpaired) electrons. The number of piperidine rings is 1. The van der Waals surface area contributed by atoms with Gasteiger partial charge in [-0.05, 0) is 60.9 Å². The number of likely N-dealkylation sites (tertiary alicyclic amines) is 1. The maximum absolute atomic E-state index is 12.7. The van der Waals surface area contributed by atoms with Gasteiger partial charge in [0.2, 0.25) is 0 Å². The van der Waals surface area contributed by atoms with Crippen molar-refractivity contribution in [1.82, 2.24) is 19.4 Å². The lowest BCUT2D eigenvalue weighted by atomic mass is 9.85. The lowest BCUT2D eigenvalue weighted by molar-refractivity contribution is 0.0402. The normalized spacial score (nSPS) is 19.8. The van der Waals surface area contributed by atoms with E-state index in [1.807, 2.05) is 23.5 Å². The van der Waals surface area contributed by atoms with E-state index in [1.165, 1.54) is 16.7 Å². The molecule has 1 N–H and O–H groups in total. The zero-order valence-corrected chi connectivity index (χ0v) is 18.3. The van der Waals surface area contributed by atoms with E-state index in [0.717, 1.165) is 18.5 Å². The number of allylic oxidation sites excluding steroid dienone is 2. The zero-order valence-electron chi connectivity index (χ0n) is 18.3. The van der Waals surface area contributed by atoms with Crippen LogP contribution in [0.5, 0.6) is 0 Å². The molecule has 4 heterocycles. The summed E-state index contributed by atoms with van der Waals surface area (Å²) in [6.45, 7) is 3.47. The standard InChI is InChI=1S/C26H28N4O2/c1-18-23-16-28-17-30(23)22(25(18)20-6-3-2-4-7-20)14-24(31)19-9-12-29(13-10-19)26(32)21-8-5-11-27-15-21/h2-8,11,15-17,19,22,24,31H,9-10,12-14H2,1H3. The number of fused-ring (bicyclic) bond motifs is 1. The van der Waals surface area contributed by atoms with E-state index in [9.17, 15) is 9.90 Å². The highest BCUT2D eigenvalue weighted by atomic mass is 16.3. The predicted molar refractivity (Wildman–Crippen MR) is 124 cm³/mol. The molecule has 0 spiro atoms. The van der Waals surface area contributed by atoms with Crippen LogP contribution in [-0.2, 0) is 0 Å². The molecule has 32 heavy (non-hydrogen) atoms. The number of aliphatic hydroxyl groups excluding tert-OH is 1. The van der Waals surface area contributed by atoms with Crippen molar-refractivity contribution in [2.45, 2.75) is 38.3 Å². The third-order valence-corrected chi connectivity index (χ3v) is 6.95. The average molecular weight is 429 g/mol. The molecular formula is C26H28N4O2. The Labute approximate surface area is 188 Å². The van der Waals surface area contributed by atoms with Crippen molar-refractivity contribution in [3.63, 3.8) is 0 Å². The Morgan fingerprint density at radius 1 is 1.09 bits per heavy atom. The first-order valence-electron chi connectivity index (χ1n) is 11.3. The number of pyridine rings is 1. The Morgan fingerprint density at radius 2 is 1.88 bits per heavy atom. The largest absolute Gasteiger partial charge is 0.393 e. The molecule has 0 saturated carbocycles. The van der Waals surface area contributed by atoms with E-state index in [4.69, 9.17) is 0 Å². The summed E-state index contributed by atoms with van der Waals surface area (Å²) in [5.74, 6) is 0.202. The van der Waals surface area contributed by atoms with Crippen LogP contribution >= 0.6 is 0 Å². The van der Waals surface area contributed by atoms with Gasteiger partial charge in [-0.25, -0.2) is 4.98 Å². The molecule has 1 saturated heterocycles. The number of aromatic nitrogens is 3. The summed E-state index contributed by atoms with van der Waals surface area (Å²) >= 11 is 0. The minimum Gasteiger partial charge on any atom is -0.393 e. The van der Waals surface area contributed by atoms with Crippen molar-refractivity contribution in [2.24, 2.45) is 5.92 Å². The van der Waals surface area contributed by atoms with E-state index in [-0.39, 0.29) is 17.9 Å². The van der Waals surface area contributed by atoms with Gasteiger partial charge in [-0.2, -0.15) is 0 Å². The van der Waals surface area contributed by atoms with Gasteiger partial charge in [0.25, 0.3) is 5.91 Å². The number of imidazole rings is 1. The number of benzene rings is 1. The molecule has 2 aliphatic rings. The van der Waals surface area contributed by atoms with Gasteiger partial charge in [0.1, 0.15) is 0 Å². The minimum atomic E-state index is -0.435. The third kappa shape index (κ3) is 3.75. The van der Waals surface area contributed by atoms with Gasteiger partial charge < -0.3 is 14.6 Å². The van der Waals surface area contributed by atoms with Crippen molar-refractivity contribution in [1.29, 1.82) is 0 Å². The number of hydrogen-bond acceptors (Lipinski definition) is 4. The van der Waals surface area contributed by atoms with Gasteiger partial charge in [-0.1, -0.05) is 30.3 Å². The monoisotopic (exact) mass is 428 g/mol. The van der Waals surface area contributed by atoms with Crippen LogP contribution in [0.3, 0.4) is 0 Å². The van der Waals surface area contributed by atoms with Crippen LogP contribution in [0.2, 0.25) is 0 Å². The predicted octanol–water partition coefficient (Wildman–Crippen LogP) is 4.07. The topological polar surface area (TPSA) is 71.2 Å². The third-order valence-electron chi connectivity index (χ3n) is 6.95. The van der Waals surface area contributed by atoms with Crippen LogP contribution in [-0.4, -0.2) is 49.6 Å². The quantitative estimate of drug-likeness (QED) is 0.665. The highest BCUT2D eigenvalue weighted by Crippen LogP contribution is 2.45. The summed E-state index contributed by atoms with van der Waals surface area (Å²) in [4.78, 5) is 23.0. The molecule has 1 amide bonds. The molecular weight excluding hydrogens is 400 g/mol. The van der Waals surface area contributed by atoms with Gasteiger partial charge in [-0.15, -0.1) is 0 Å². The Balaban J connectivity index is 1.28. The smallest absolute Gasteiger partial charge is 0.255 e. The molecule has 3 aromatic rings. The minimum absolute atomic E-state index is 0.0230. The molecule has 2 atom stereocenters. The van der Waals surface area contributed by atoms with Crippen LogP contribution in [0.1, 0.15) is 53.8 Å². The highest BCUT2D eigenvalue weighted by Gasteiger charge is 2.35. The maximum atomic E-state index is 12.7. The molecule has 5 rings (SSSR count). The van der Waals surface area contributed by atoms with Gasteiger partial charge in [0.15, 0.2) is 0 Å². The number of nitrogens with zero attached hydrogens (tertiary/aromatic N) is 4.